The van der Waals surface area contributed by atoms with Crippen molar-refractivity contribution in [3.05, 3.63) is 82.1 Å². The first-order chi connectivity index (χ1) is 20.2. The van der Waals surface area contributed by atoms with Crippen LogP contribution in [-0.4, -0.2) is 49.3 Å². The number of carboxylic acid groups (broad SMARTS) is 1. The van der Waals surface area contributed by atoms with Crippen molar-refractivity contribution in [1.29, 1.82) is 5.41 Å². The van der Waals surface area contributed by atoms with Crippen molar-refractivity contribution in [3.8, 4) is 5.88 Å². The topological polar surface area (TPSA) is 178 Å². The number of hydrogen-bond acceptors (Lipinski definition) is 9. The molecule has 0 atom stereocenters. The highest BCUT2D eigenvalue weighted by Crippen LogP contribution is 2.40. The standard InChI is InChI=1S/C29H33N7O3.CH2O2/c1-4-38-27(37)10-21-9-22(19-5-6-19)13-36-14-23(35-29(21)36)15-39-26-11-25(33-16-34-26)32-12-24-17(2)7-20(28(30)31)8-18(24)3;2-1-3/h7-9,11,13-14,16,19H,4-6,10,12,15H2,1-3H3,(H3,30,31)(H,32,33,34);1H,(H,2,3). The Labute approximate surface area is 243 Å². The Morgan fingerprint density at radius 1 is 1.19 bits per heavy atom. The molecule has 0 unspecified atom stereocenters. The SMILES string of the molecule is CCOC(=O)Cc1cc(C2CC2)cn2cc(COc3cc(NCc4c(C)cc(C(=N)N)cc4C)ncn3)nc12.O=CO. The third-order valence-electron chi connectivity index (χ3n) is 6.85. The molecule has 220 valence electrons. The van der Waals surface area contributed by atoms with Crippen LogP contribution in [0.1, 0.15) is 64.8 Å². The second kappa shape index (κ2) is 13.6. The lowest BCUT2D eigenvalue weighted by Crippen LogP contribution is -2.13. The summed E-state index contributed by atoms with van der Waals surface area (Å²) in [5.74, 6) is 1.41. The summed E-state index contributed by atoms with van der Waals surface area (Å²) >= 11 is 0. The third kappa shape index (κ3) is 7.59. The molecule has 4 aromatic rings. The molecule has 0 bridgehead atoms. The third-order valence-corrected chi connectivity index (χ3v) is 6.85. The summed E-state index contributed by atoms with van der Waals surface area (Å²) < 4.78 is 13.1. The van der Waals surface area contributed by atoms with E-state index in [9.17, 15) is 4.79 Å². The number of nitrogens with one attached hydrogen (secondary N) is 2. The Morgan fingerprint density at radius 2 is 1.90 bits per heavy atom. The number of nitrogens with zero attached hydrogens (tertiary/aromatic N) is 4. The van der Waals surface area contributed by atoms with Crippen molar-refractivity contribution < 1.29 is 24.2 Å². The minimum absolute atomic E-state index is 0.0579. The number of aromatic nitrogens is 4. The number of pyridine rings is 1. The predicted molar refractivity (Wildman–Crippen MR) is 157 cm³/mol. The van der Waals surface area contributed by atoms with Crippen molar-refractivity contribution >= 4 is 29.7 Å². The molecular weight excluding hydrogens is 538 g/mol. The highest BCUT2D eigenvalue weighted by Gasteiger charge is 2.25. The molecule has 3 heterocycles. The number of anilines is 1. The molecule has 1 aliphatic carbocycles. The molecule has 3 aromatic heterocycles. The quantitative estimate of drug-likeness (QED) is 0.0890. The zero-order valence-corrected chi connectivity index (χ0v) is 23.9. The first kappa shape index (κ1) is 30.0. The van der Waals surface area contributed by atoms with Crippen molar-refractivity contribution in [1.82, 2.24) is 19.4 Å². The van der Waals surface area contributed by atoms with E-state index >= 15 is 0 Å². The maximum atomic E-state index is 12.2. The summed E-state index contributed by atoms with van der Waals surface area (Å²) in [5.41, 5.74) is 13.1. The minimum atomic E-state index is -0.255. The molecule has 1 fully saturated rings. The summed E-state index contributed by atoms with van der Waals surface area (Å²) in [6.45, 7) is 6.71. The average Bonchev–Trinajstić information content (AvgIpc) is 3.71. The van der Waals surface area contributed by atoms with E-state index in [-0.39, 0.29) is 31.3 Å². The minimum Gasteiger partial charge on any atom is -0.483 e. The predicted octanol–water partition coefficient (Wildman–Crippen LogP) is 3.90. The number of fused-ring (bicyclic) bond motifs is 1. The smallest absolute Gasteiger partial charge is 0.310 e. The molecule has 12 heteroatoms. The molecule has 1 saturated carbocycles. The summed E-state index contributed by atoms with van der Waals surface area (Å²) in [4.78, 5) is 33.9. The van der Waals surface area contributed by atoms with Crippen molar-refractivity contribution in [2.24, 2.45) is 5.73 Å². The fourth-order valence-electron chi connectivity index (χ4n) is 4.72. The molecule has 0 saturated heterocycles. The second-order valence-electron chi connectivity index (χ2n) is 10.0. The van der Waals surface area contributed by atoms with Crippen molar-refractivity contribution in [3.63, 3.8) is 0 Å². The van der Waals surface area contributed by atoms with Gasteiger partial charge in [-0.25, -0.2) is 15.0 Å². The number of nitrogen functional groups attached to an aromatic ring is 1. The van der Waals surface area contributed by atoms with E-state index in [1.807, 2.05) is 43.5 Å². The molecule has 1 aliphatic rings. The second-order valence-corrected chi connectivity index (χ2v) is 10.0. The molecule has 5 rings (SSSR count). The molecule has 5 N–H and O–H groups in total. The Morgan fingerprint density at radius 3 is 2.55 bits per heavy atom. The average molecular weight is 574 g/mol. The Hall–Kier alpha value is -5.00. The molecule has 0 amide bonds. The van der Waals surface area contributed by atoms with Crippen LogP contribution < -0.4 is 15.8 Å². The van der Waals surface area contributed by atoms with Gasteiger partial charge >= 0.3 is 5.97 Å². The largest absolute Gasteiger partial charge is 0.483 e. The number of rotatable bonds is 11. The molecule has 1 aromatic carbocycles. The van der Waals surface area contributed by atoms with Gasteiger partial charge in [-0.05, 0) is 80.0 Å². The summed E-state index contributed by atoms with van der Waals surface area (Å²) in [5, 5.41) is 17.9. The number of amidine groups is 1. The van der Waals surface area contributed by atoms with Gasteiger partial charge in [0.2, 0.25) is 5.88 Å². The number of carbonyl (C=O) groups excluding carboxylic acids is 1. The van der Waals surface area contributed by atoms with Gasteiger partial charge in [-0.2, -0.15) is 0 Å². The summed E-state index contributed by atoms with van der Waals surface area (Å²) in [6.07, 6.45) is 8.01. The van der Waals surface area contributed by atoms with E-state index in [1.54, 1.807) is 6.07 Å². The number of carbonyl (C=O) groups is 2. The van der Waals surface area contributed by atoms with Crippen LogP contribution in [0.15, 0.2) is 43.0 Å². The first-order valence-electron chi connectivity index (χ1n) is 13.6. The van der Waals surface area contributed by atoms with E-state index in [1.165, 1.54) is 24.7 Å². The van der Waals surface area contributed by atoms with E-state index in [2.05, 4.69) is 27.5 Å². The molecular formula is C30H35N7O5. The highest BCUT2D eigenvalue weighted by molar-refractivity contribution is 5.95. The molecule has 42 heavy (non-hydrogen) atoms. The Balaban J connectivity index is 0.00000129. The van der Waals surface area contributed by atoms with E-state index in [0.717, 1.165) is 39.2 Å². The maximum absolute atomic E-state index is 12.2. The van der Waals surface area contributed by atoms with Crippen molar-refractivity contribution in [2.75, 3.05) is 11.9 Å². The van der Waals surface area contributed by atoms with Gasteiger partial charge in [-0.1, -0.05) is 0 Å². The fraction of sp³-hybridized carbons (Fsp3) is 0.333. The van der Waals surface area contributed by atoms with Gasteiger partial charge in [0.05, 0.1) is 18.7 Å². The van der Waals surface area contributed by atoms with Gasteiger partial charge < -0.3 is 30.0 Å². The molecule has 0 aliphatic heterocycles. The van der Waals surface area contributed by atoms with Crippen LogP contribution in [0.25, 0.3) is 5.65 Å². The highest BCUT2D eigenvalue weighted by atomic mass is 16.5. The van der Waals surface area contributed by atoms with Crippen LogP contribution in [0.4, 0.5) is 5.82 Å². The van der Waals surface area contributed by atoms with Gasteiger partial charge in [-0.15, -0.1) is 0 Å². The summed E-state index contributed by atoms with van der Waals surface area (Å²) in [7, 11) is 0. The van der Waals surface area contributed by atoms with E-state index in [0.29, 0.717) is 30.8 Å². The van der Waals surface area contributed by atoms with Crippen LogP contribution >= 0.6 is 0 Å². The van der Waals surface area contributed by atoms with E-state index < -0.39 is 0 Å². The van der Waals surface area contributed by atoms with Crippen LogP contribution in [-0.2, 0) is 33.9 Å². The van der Waals surface area contributed by atoms with Crippen LogP contribution in [0, 0.1) is 19.3 Å². The number of benzene rings is 1. The normalized spacial score (nSPS) is 12.3. The number of ether oxygens (including phenoxy) is 2. The van der Waals surface area contributed by atoms with Gasteiger partial charge in [0.1, 0.15) is 30.2 Å². The van der Waals surface area contributed by atoms with Crippen LogP contribution in [0.5, 0.6) is 5.88 Å². The Kier molecular flexibility index (Phi) is 9.69. The number of imidazole rings is 1. The van der Waals surface area contributed by atoms with Gasteiger partial charge in [-0.3, -0.25) is 15.0 Å². The molecule has 0 spiro atoms. The molecule has 12 nitrogen and oxygen atoms in total. The first-order valence-corrected chi connectivity index (χ1v) is 13.6. The van der Waals surface area contributed by atoms with Crippen LogP contribution in [0.2, 0.25) is 0 Å². The number of hydrogen-bond donors (Lipinski definition) is 4. The monoisotopic (exact) mass is 573 g/mol. The van der Waals surface area contributed by atoms with Crippen molar-refractivity contribution in [2.45, 2.75) is 59.1 Å². The Bertz CT molecular complexity index is 1570. The lowest BCUT2D eigenvalue weighted by atomic mass is 9.99. The lowest BCUT2D eigenvalue weighted by molar-refractivity contribution is -0.142. The number of nitrogens with two attached hydrogens (primary N) is 1. The fourth-order valence-corrected chi connectivity index (χ4v) is 4.72. The van der Waals surface area contributed by atoms with Crippen LogP contribution in [0.3, 0.4) is 0 Å². The number of aryl methyl sites for hydroxylation is 2. The maximum Gasteiger partial charge on any atom is 0.310 e. The van der Waals surface area contributed by atoms with E-state index in [4.69, 9.17) is 35.5 Å². The van der Waals surface area contributed by atoms with Gasteiger partial charge in [0, 0.05) is 36.1 Å². The summed E-state index contributed by atoms with van der Waals surface area (Å²) in [6, 6.07) is 7.67. The lowest BCUT2D eigenvalue weighted by Gasteiger charge is -2.14. The van der Waals surface area contributed by atoms with Gasteiger partial charge in [0.15, 0.2) is 0 Å². The zero-order chi connectivity index (χ0) is 30.2. The zero-order valence-electron chi connectivity index (χ0n) is 23.9. The molecule has 0 radical (unpaired) electrons. The van der Waals surface area contributed by atoms with Gasteiger partial charge in [0.25, 0.3) is 6.47 Å². The number of esters is 1.